The van der Waals surface area contributed by atoms with Gasteiger partial charge in [-0.1, -0.05) is 86.6 Å². The molecule has 1 N–H and O–H groups in total. The molecule has 0 radical (unpaired) electrons. The lowest BCUT2D eigenvalue weighted by Crippen LogP contribution is -2.15. The molecule has 3 nitrogen and oxygen atoms in total. The monoisotopic (exact) mass is 542 g/mol. The van der Waals surface area contributed by atoms with E-state index in [9.17, 15) is 0 Å². The van der Waals surface area contributed by atoms with Crippen molar-refractivity contribution < 1.29 is 4.42 Å². The Hall–Kier alpha value is -5.28. The Kier molecular flexibility index (Phi) is 5.48. The molecule has 0 unspecified atom stereocenters. The Morgan fingerprint density at radius 3 is 2.12 bits per heavy atom. The van der Waals surface area contributed by atoms with Gasteiger partial charge in [-0.05, 0) is 89.0 Å². The summed E-state index contributed by atoms with van der Waals surface area (Å²) >= 11 is 0. The Bertz CT molecular complexity index is 2090. The molecular weight excluding hydrogens is 512 g/mol. The Balaban J connectivity index is 1.34. The fourth-order valence-corrected chi connectivity index (χ4v) is 6.61. The largest absolute Gasteiger partial charge is 0.456 e. The van der Waals surface area contributed by atoms with E-state index in [1.807, 2.05) is 18.2 Å². The first kappa shape index (κ1) is 24.5. The third kappa shape index (κ3) is 3.82. The molecule has 1 aromatic heterocycles. The lowest BCUT2D eigenvalue weighted by Gasteiger charge is -2.27. The number of fused-ring (bicyclic) bond motifs is 6. The van der Waals surface area contributed by atoms with Gasteiger partial charge < -0.3 is 14.6 Å². The van der Waals surface area contributed by atoms with Crippen LogP contribution in [0.25, 0.3) is 33.1 Å². The van der Waals surface area contributed by atoms with Gasteiger partial charge in [-0.25, -0.2) is 0 Å². The van der Waals surface area contributed by atoms with Crippen LogP contribution in [0.3, 0.4) is 0 Å². The fourth-order valence-electron chi connectivity index (χ4n) is 6.61. The summed E-state index contributed by atoms with van der Waals surface area (Å²) < 4.78 is 6.41. The first-order valence-corrected chi connectivity index (χ1v) is 14.4. The standard InChI is InChI=1S/C39H30N2O/c1-39(2)33-17-10-9-16-30(33)31-25-29(21-22-34(31)39)41(28-14-7-4-8-15-28)35-18-11-19-37-38(35)32-24-27(20-23-36(32)42-37)40-26-12-5-3-6-13-26/h3-25,40H,1-2H3. The van der Waals surface area contributed by atoms with E-state index in [1.165, 1.54) is 22.3 Å². The molecule has 7 aromatic rings. The summed E-state index contributed by atoms with van der Waals surface area (Å²) in [5.74, 6) is 0. The fraction of sp³-hybridized carbons (Fsp3) is 0.0769. The minimum atomic E-state index is -0.0367. The van der Waals surface area contributed by atoms with Gasteiger partial charge in [-0.2, -0.15) is 0 Å². The molecule has 0 amide bonds. The van der Waals surface area contributed by atoms with Crippen LogP contribution in [0.5, 0.6) is 0 Å². The number of furan rings is 1. The van der Waals surface area contributed by atoms with E-state index in [-0.39, 0.29) is 5.41 Å². The van der Waals surface area contributed by atoms with Crippen molar-refractivity contribution in [1.29, 1.82) is 0 Å². The number of anilines is 5. The number of rotatable bonds is 5. The Labute approximate surface area is 245 Å². The topological polar surface area (TPSA) is 28.4 Å². The van der Waals surface area contributed by atoms with Gasteiger partial charge in [0.15, 0.2) is 0 Å². The molecule has 0 spiro atoms. The van der Waals surface area contributed by atoms with E-state index in [1.54, 1.807) is 0 Å². The van der Waals surface area contributed by atoms with Crippen molar-refractivity contribution in [2.24, 2.45) is 0 Å². The molecule has 8 rings (SSSR count). The number of benzene rings is 6. The third-order valence-electron chi connectivity index (χ3n) is 8.62. The lowest BCUT2D eigenvalue weighted by molar-refractivity contribution is 0.660. The first-order valence-electron chi connectivity index (χ1n) is 14.4. The van der Waals surface area contributed by atoms with Gasteiger partial charge >= 0.3 is 0 Å². The number of nitrogens with zero attached hydrogens (tertiary/aromatic N) is 1. The minimum Gasteiger partial charge on any atom is -0.456 e. The summed E-state index contributed by atoms with van der Waals surface area (Å²) in [7, 11) is 0. The molecule has 6 aromatic carbocycles. The van der Waals surface area contributed by atoms with Crippen LogP contribution < -0.4 is 10.2 Å². The van der Waals surface area contributed by atoms with Gasteiger partial charge in [0.1, 0.15) is 11.2 Å². The van der Waals surface area contributed by atoms with E-state index in [2.05, 4.69) is 145 Å². The second-order valence-corrected chi connectivity index (χ2v) is 11.5. The number of hydrogen-bond donors (Lipinski definition) is 1. The summed E-state index contributed by atoms with van der Waals surface area (Å²) in [6, 6.07) is 49.3. The van der Waals surface area contributed by atoms with Gasteiger partial charge in [-0.15, -0.1) is 0 Å². The van der Waals surface area contributed by atoms with Crippen LogP contribution in [0.1, 0.15) is 25.0 Å². The van der Waals surface area contributed by atoms with Gasteiger partial charge in [0.25, 0.3) is 0 Å². The molecule has 1 aliphatic carbocycles. The molecule has 0 atom stereocenters. The Morgan fingerprint density at radius 2 is 1.29 bits per heavy atom. The van der Waals surface area contributed by atoms with E-state index in [4.69, 9.17) is 4.42 Å². The van der Waals surface area contributed by atoms with Crippen LogP contribution in [0.15, 0.2) is 144 Å². The van der Waals surface area contributed by atoms with Crippen LogP contribution >= 0.6 is 0 Å². The van der Waals surface area contributed by atoms with E-state index < -0.39 is 0 Å². The molecule has 0 saturated carbocycles. The SMILES string of the molecule is CC1(C)c2ccccc2-c2cc(N(c3ccccc3)c3cccc4oc5ccc(Nc6ccccc6)cc5c34)ccc21. The van der Waals surface area contributed by atoms with Crippen molar-refractivity contribution in [3.8, 4) is 11.1 Å². The average Bonchev–Trinajstić information content (AvgIpc) is 3.51. The number of para-hydroxylation sites is 2. The second-order valence-electron chi connectivity index (χ2n) is 11.5. The third-order valence-corrected chi connectivity index (χ3v) is 8.62. The van der Waals surface area contributed by atoms with Crippen molar-refractivity contribution in [1.82, 2.24) is 0 Å². The van der Waals surface area contributed by atoms with Crippen molar-refractivity contribution in [3.63, 3.8) is 0 Å². The summed E-state index contributed by atoms with van der Waals surface area (Å²) in [6.07, 6.45) is 0. The number of hydrogen-bond acceptors (Lipinski definition) is 3. The number of nitrogens with one attached hydrogen (secondary N) is 1. The zero-order valence-corrected chi connectivity index (χ0v) is 23.6. The Morgan fingerprint density at radius 1 is 0.548 bits per heavy atom. The van der Waals surface area contributed by atoms with Gasteiger partial charge in [0.2, 0.25) is 0 Å². The highest BCUT2D eigenvalue weighted by atomic mass is 16.3. The highest BCUT2D eigenvalue weighted by Gasteiger charge is 2.35. The maximum atomic E-state index is 6.41. The summed E-state index contributed by atoms with van der Waals surface area (Å²) in [4.78, 5) is 2.36. The predicted molar refractivity (Wildman–Crippen MR) is 176 cm³/mol. The zero-order valence-electron chi connectivity index (χ0n) is 23.6. The molecule has 42 heavy (non-hydrogen) atoms. The quantitative estimate of drug-likeness (QED) is 0.234. The predicted octanol–water partition coefficient (Wildman–Crippen LogP) is 11.1. The minimum absolute atomic E-state index is 0.0367. The molecule has 1 heterocycles. The van der Waals surface area contributed by atoms with Crippen molar-refractivity contribution in [2.75, 3.05) is 10.2 Å². The molecule has 0 bridgehead atoms. The first-order chi connectivity index (χ1) is 20.6. The summed E-state index contributed by atoms with van der Waals surface area (Å²) in [6.45, 7) is 4.65. The summed E-state index contributed by atoms with van der Waals surface area (Å²) in [5.41, 5.74) is 12.4. The van der Waals surface area contributed by atoms with Gasteiger partial charge in [0.05, 0.1) is 11.1 Å². The molecule has 1 aliphatic rings. The smallest absolute Gasteiger partial charge is 0.137 e. The zero-order chi connectivity index (χ0) is 28.3. The van der Waals surface area contributed by atoms with Crippen LogP contribution in [0, 0.1) is 0 Å². The summed E-state index contributed by atoms with van der Waals surface area (Å²) in [5, 5.41) is 5.72. The maximum Gasteiger partial charge on any atom is 0.137 e. The molecular formula is C39H30N2O. The van der Waals surface area contributed by atoms with E-state index in [0.717, 1.165) is 50.4 Å². The highest BCUT2D eigenvalue weighted by molar-refractivity contribution is 6.14. The van der Waals surface area contributed by atoms with Gasteiger partial charge in [0, 0.05) is 33.6 Å². The van der Waals surface area contributed by atoms with E-state index in [0.29, 0.717) is 0 Å². The lowest BCUT2D eigenvalue weighted by atomic mass is 9.82. The second kappa shape index (κ2) is 9.39. The van der Waals surface area contributed by atoms with Crippen molar-refractivity contribution >= 4 is 50.4 Å². The van der Waals surface area contributed by atoms with Crippen molar-refractivity contribution in [2.45, 2.75) is 19.3 Å². The van der Waals surface area contributed by atoms with Crippen LogP contribution in [-0.2, 0) is 5.41 Å². The van der Waals surface area contributed by atoms with E-state index >= 15 is 0 Å². The van der Waals surface area contributed by atoms with Crippen LogP contribution in [0.2, 0.25) is 0 Å². The molecule has 0 fully saturated rings. The van der Waals surface area contributed by atoms with Crippen molar-refractivity contribution in [3.05, 3.63) is 151 Å². The van der Waals surface area contributed by atoms with Crippen LogP contribution in [-0.4, -0.2) is 0 Å². The maximum absolute atomic E-state index is 6.41. The molecule has 0 aliphatic heterocycles. The van der Waals surface area contributed by atoms with Crippen LogP contribution in [0.4, 0.5) is 28.4 Å². The average molecular weight is 543 g/mol. The normalized spacial score (nSPS) is 13.2. The highest BCUT2D eigenvalue weighted by Crippen LogP contribution is 2.51. The molecule has 0 saturated heterocycles. The molecule has 3 heteroatoms. The molecule has 202 valence electrons. The van der Waals surface area contributed by atoms with Gasteiger partial charge in [-0.3, -0.25) is 0 Å².